The molecule has 1 fully saturated rings. The Kier molecular flexibility index (Phi) is 7.73. The van der Waals surface area contributed by atoms with Crippen LogP contribution in [0.4, 0.5) is 13.2 Å². The molecule has 3 N–H and O–H groups in total. The predicted molar refractivity (Wildman–Crippen MR) is 99.2 cm³/mol. The maximum atomic E-state index is 12.4. The predicted octanol–water partition coefficient (Wildman–Crippen LogP) is 1.87. The van der Waals surface area contributed by atoms with Crippen LogP contribution in [0.15, 0.2) is 29.3 Å². The van der Waals surface area contributed by atoms with Crippen molar-refractivity contribution in [2.75, 3.05) is 39.8 Å². The lowest BCUT2D eigenvalue weighted by molar-refractivity contribution is -0.143. The van der Waals surface area contributed by atoms with Crippen LogP contribution in [0.25, 0.3) is 0 Å². The third-order valence-corrected chi connectivity index (χ3v) is 4.39. The highest BCUT2D eigenvalue weighted by Crippen LogP contribution is 2.19. The van der Waals surface area contributed by atoms with E-state index in [0.29, 0.717) is 49.1 Å². The Morgan fingerprint density at radius 2 is 2.00 bits per heavy atom. The van der Waals surface area contributed by atoms with E-state index in [1.807, 2.05) is 0 Å². The summed E-state index contributed by atoms with van der Waals surface area (Å²) in [6.07, 6.45) is -3.57. The highest BCUT2D eigenvalue weighted by Gasteiger charge is 2.34. The van der Waals surface area contributed by atoms with Crippen molar-refractivity contribution in [1.82, 2.24) is 20.9 Å². The number of nitrogens with one attached hydrogen (secondary N) is 3. The van der Waals surface area contributed by atoms with Crippen molar-refractivity contribution >= 4 is 23.5 Å². The normalized spacial score (nSPS) is 18.4. The molecule has 2 rings (SSSR count). The summed E-state index contributed by atoms with van der Waals surface area (Å²) in [6, 6.07) is 6.66. The number of halogens is 4. The fourth-order valence-electron chi connectivity index (χ4n) is 2.83. The van der Waals surface area contributed by atoms with Gasteiger partial charge in [0.1, 0.15) is 0 Å². The number of alkyl halides is 3. The lowest BCUT2D eigenvalue weighted by Crippen LogP contribution is -2.47. The van der Waals surface area contributed by atoms with Gasteiger partial charge < -0.3 is 16.0 Å². The Balaban J connectivity index is 1.69. The van der Waals surface area contributed by atoms with Crippen molar-refractivity contribution < 1.29 is 18.0 Å². The number of amides is 1. The molecule has 0 aromatic heterocycles. The van der Waals surface area contributed by atoms with Crippen molar-refractivity contribution in [3.05, 3.63) is 34.9 Å². The Morgan fingerprint density at radius 3 is 2.67 bits per heavy atom. The van der Waals surface area contributed by atoms with Gasteiger partial charge >= 0.3 is 6.18 Å². The second kappa shape index (κ2) is 9.80. The van der Waals surface area contributed by atoms with Crippen molar-refractivity contribution in [2.24, 2.45) is 4.99 Å². The molecule has 1 aromatic rings. The lowest BCUT2D eigenvalue weighted by atomic mass is 10.2. The summed E-state index contributed by atoms with van der Waals surface area (Å²) in [4.78, 5) is 17.5. The number of likely N-dealkylation sites (tertiary alicyclic amines) is 1. The summed E-state index contributed by atoms with van der Waals surface area (Å²) >= 11 is 5.97. The van der Waals surface area contributed by atoms with Crippen LogP contribution in [0.3, 0.4) is 0 Å². The molecule has 0 bridgehead atoms. The zero-order valence-corrected chi connectivity index (χ0v) is 15.7. The quantitative estimate of drug-likeness (QED) is 0.384. The van der Waals surface area contributed by atoms with E-state index in [0.717, 1.165) is 0 Å². The van der Waals surface area contributed by atoms with Crippen molar-refractivity contribution in [3.8, 4) is 0 Å². The van der Waals surface area contributed by atoms with Crippen LogP contribution in [0, 0.1) is 0 Å². The van der Waals surface area contributed by atoms with Gasteiger partial charge in [0.15, 0.2) is 5.96 Å². The van der Waals surface area contributed by atoms with Gasteiger partial charge in [-0.2, -0.15) is 13.2 Å². The molecular formula is C17H23ClF3N5O. The fourth-order valence-corrected chi connectivity index (χ4v) is 3.05. The molecular weight excluding hydrogens is 383 g/mol. The standard InChI is InChI=1S/C17H23ClF3N5O/c1-22-16(25-12-6-9-26(10-12)11-17(19,20)21)24-8-7-23-15(27)13-4-2-3-5-14(13)18/h2-5,12H,6-11H2,1H3,(H,23,27)(H2,22,24,25). The molecule has 1 atom stereocenters. The zero-order valence-electron chi connectivity index (χ0n) is 14.9. The van der Waals surface area contributed by atoms with Gasteiger partial charge in [0.2, 0.25) is 0 Å². The molecule has 1 aliphatic heterocycles. The van der Waals surface area contributed by atoms with Crippen LogP contribution in [0.1, 0.15) is 16.8 Å². The van der Waals surface area contributed by atoms with E-state index in [9.17, 15) is 18.0 Å². The largest absolute Gasteiger partial charge is 0.401 e. The first kappa shape index (κ1) is 21.3. The molecule has 0 spiro atoms. The van der Waals surface area contributed by atoms with Crippen molar-refractivity contribution in [3.63, 3.8) is 0 Å². The summed E-state index contributed by atoms with van der Waals surface area (Å²) in [7, 11) is 1.58. The number of guanidine groups is 1. The second-order valence-corrected chi connectivity index (χ2v) is 6.62. The molecule has 1 heterocycles. The molecule has 0 aliphatic carbocycles. The first-order valence-corrected chi connectivity index (χ1v) is 8.95. The summed E-state index contributed by atoms with van der Waals surface area (Å²) < 4.78 is 37.3. The molecule has 1 saturated heterocycles. The van der Waals surface area contributed by atoms with Crippen LogP contribution in [0.2, 0.25) is 5.02 Å². The van der Waals surface area contributed by atoms with E-state index >= 15 is 0 Å². The third kappa shape index (κ3) is 7.26. The lowest BCUT2D eigenvalue weighted by Gasteiger charge is -2.19. The van der Waals surface area contributed by atoms with Gasteiger partial charge in [-0.25, -0.2) is 0 Å². The highest BCUT2D eigenvalue weighted by atomic mass is 35.5. The van der Waals surface area contributed by atoms with Crippen LogP contribution >= 0.6 is 11.6 Å². The third-order valence-electron chi connectivity index (χ3n) is 4.06. The van der Waals surface area contributed by atoms with Crippen molar-refractivity contribution in [1.29, 1.82) is 0 Å². The average molecular weight is 406 g/mol. The molecule has 1 aliphatic rings. The first-order valence-electron chi connectivity index (χ1n) is 8.57. The van der Waals surface area contributed by atoms with E-state index < -0.39 is 12.7 Å². The Morgan fingerprint density at radius 1 is 1.30 bits per heavy atom. The van der Waals surface area contributed by atoms with Gasteiger partial charge in [0.05, 0.1) is 17.1 Å². The molecule has 27 heavy (non-hydrogen) atoms. The monoisotopic (exact) mass is 405 g/mol. The maximum Gasteiger partial charge on any atom is 0.401 e. The number of hydrogen-bond donors (Lipinski definition) is 3. The first-order chi connectivity index (χ1) is 12.8. The highest BCUT2D eigenvalue weighted by molar-refractivity contribution is 6.33. The molecule has 1 amide bonds. The van der Waals surface area contributed by atoms with Gasteiger partial charge in [0, 0.05) is 39.3 Å². The van der Waals surface area contributed by atoms with Crippen molar-refractivity contribution in [2.45, 2.75) is 18.6 Å². The minimum Gasteiger partial charge on any atom is -0.355 e. The van der Waals surface area contributed by atoms with Gasteiger partial charge in [-0.15, -0.1) is 0 Å². The van der Waals surface area contributed by atoms with E-state index in [1.54, 1.807) is 31.3 Å². The molecule has 0 radical (unpaired) electrons. The smallest absolute Gasteiger partial charge is 0.355 e. The Labute approximate surface area is 161 Å². The topological polar surface area (TPSA) is 68.8 Å². The molecule has 1 aromatic carbocycles. The van der Waals surface area contributed by atoms with Crippen LogP contribution in [-0.4, -0.2) is 68.8 Å². The van der Waals surface area contributed by atoms with E-state index in [-0.39, 0.29) is 11.9 Å². The molecule has 10 heteroatoms. The fraction of sp³-hybridized carbons (Fsp3) is 0.529. The average Bonchev–Trinajstić information content (AvgIpc) is 3.02. The van der Waals surface area contributed by atoms with E-state index in [1.165, 1.54) is 4.90 Å². The maximum absolute atomic E-state index is 12.4. The number of hydrogen-bond acceptors (Lipinski definition) is 3. The van der Waals surface area contributed by atoms with Gasteiger partial charge in [-0.1, -0.05) is 23.7 Å². The number of carbonyl (C=O) groups excluding carboxylic acids is 1. The Hall–Kier alpha value is -2.00. The molecule has 0 saturated carbocycles. The summed E-state index contributed by atoms with van der Waals surface area (Å²) in [5.74, 6) is 0.213. The van der Waals surface area contributed by atoms with E-state index in [4.69, 9.17) is 11.6 Å². The minimum absolute atomic E-state index is 0.101. The van der Waals surface area contributed by atoms with Gasteiger partial charge in [-0.3, -0.25) is 14.7 Å². The molecule has 6 nitrogen and oxygen atoms in total. The van der Waals surface area contributed by atoms with Gasteiger partial charge in [0.25, 0.3) is 5.91 Å². The number of rotatable bonds is 6. The van der Waals surface area contributed by atoms with Gasteiger partial charge in [-0.05, 0) is 18.6 Å². The van der Waals surface area contributed by atoms with E-state index in [2.05, 4.69) is 20.9 Å². The second-order valence-electron chi connectivity index (χ2n) is 6.21. The molecule has 150 valence electrons. The Bertz CT molecular complexity index is 668. The number of aliphatic imine (C=N–C) groups is 1. The van der Waals surface area contributed by atoms with Crippen LogP contribution in [0.5, 0.6) is 0 Å². The minimum atomic E-state index is -4.19. The summed E-state index contributed by atoms with van der Waals surface area (Å²) in [5.41, 5.74) is 0.400. The number of carbonyl (C=O) groups is 1. The van der Waals surface area contributed by atoms with Crippen LogP contribution < -0.4 is 16.0 Å². The van der Waals surface area contributed by atoms with Crippen LogP contribution in [-0.2, 0) is 0 Å². The summed E-state index contributed by atoms with van der Waals surface area (Å²) in [5, 5.41) is 9.26. The zero-order chi connectivity index (χ0) is 19.9. The number of benzene rings is 1. The SMILES string of the molecule is CN=C(NCCNC(=O)c1ccccc1Cl)NC1CCN(CC(F)(F)F)C1. The number of nitrogens with zero attached hydrogens (tertiary/aromatic N) is 2. The summed E-state index contributed by atoms with van der Waals surface area (Å²) in [6.45, 7) is 0.557. The molecule has 1 unspecified atom stereocenters.